The molecule has 26 heavy (non-hydrogen) atoms. The third kappa shape index (κ3) is 2.79. The maximum absolute atomic E-state index is 13.0. The summed E-state index contributed by atoms with van der Waals surface area (Å²) < 4.78 is 5.26. The van der Waals surface area contributed by atoms with Crippen LogP contribution in [0, 0.1) is 11.3 Å². The van der Waals surface area contributed by atoms with Gasteiger partial charge in [-0.15, -0.1) is 0 Å². The molecule has 1 aliphatic heterocycles. The van der Waals surface area contributed by atoms with Crippen LogP contribution in [0.3, 0.4) is 0 Å². The number of hydrogen-bond donors (Lipinski definition) is 0. The molecular weight excluding hydrogens is 346 g/mol. The SMILES string of the molecule is COC(=O)C12CN(Cc3ccccc3)CC1C(=O)CCC2c1ccsc1. The quantitative estimate of drug-likeness (QED) is 0.774. The van der Waals surface area contributed by atoms with E-state index in [2.05, 4.69) is 28.5 Å². The Labute approximate surface area is 157 Å². The third-order valence-electron chi connectivity index (χ3n) is 6.00. The number of thiophene rings is 1. The average molecular weight is 369 g/mol. The molecule has 2 aromatic rings. The van der Waals surface area contributed by atoms with Crippen LogP contribution in [0.1, 0.15) is 29.9 Å². The molecule has 3 unspecified atom stereocenters. The highest BCUT2D eigenvalue weighted by molar-refractivity contribution is 7.08. The van der Waals surface area contributed by atoms with Crippen molar-refractivity contribution in [3.8, 4) is 0 Å². The standard InChI is InChI=1S/C21H23NO3S/c1-25-20(24)21-14-22(11-15-5-3-2-4-6-15)12-18(21)19(23)8-7-17(21)16-9-10-26-13-16/h2-6,9-10,13,17-18H,7-8,11-12,14H2,1H3. The van der Waals surface area contributed by atoms with Gasteiger partial charge in [-0.25, -0.2) is 0 Å². The molecule has 0 N–H and O–H groups in total. The molecule has 0 bridgehead atoms. The van der Waals surface area contributed by atoms with E-state index in [4.69, 9.17) is 4.74 Å². The molecule has 1 saturated heterocycles. The van der Waals surface area contributed by atoms with E-state index in [9.17, 15) is 9.59 Å². The smallest absolute Gasteiger partial charge is 0.314 e. The summed E-state index contributed by atoms with van der Waals surface area (Å²) in [6.45, 7) is 1.95. The van der Waals surface area contributed by atoms with E-state index in [0.29, 0.717) is 19.5 Å². The van der Waals surface area contributed by atoms with Crippen molar-refractivity contribution in [3.05, 3.63) is 58.3 Å². The summed E-state index contributed by atoms with van der Waals surface area (Å²) in [5.41, 5.74) is 1.60. The lowest BCUT2D eigenvalue weighted by molar-refractivity contribution is -0.161. The minimum atomic E-state index is -0.764. The highest BCUT2D eigenvalue weighted by atomic mass is 32.1. The lowest BCUT2D eigenvalue weighted by Crippen LogP contribution is -2.50. The van der Waals surface area contributed by atoms with Crippen LogP contribution in [0.15, 0.2) is 47.2 Å². The summed E-state index contributed by atoms with van der Waals surface area (Å²) in [4.78, 5) is 28.1. The van der Waals surface area contributed by atoms with Crippen molar-refractivity contribution in [1.82, 2.24) is 4.90 Å². The van der Waals surface area contributed by atoms with E-state index >= 15 is 0 Å². The first kappa shape index (κ1) is 17.4. The number of fused-ring (bicyclic) bond motifs is 1. The highest BCUT2D eigenvalue weighted by Gasteiger charge is 2.62. The highest BCUT2D eigenvalue weighted by Crippen LogP contribution is 2.54. The van der Waals surface area contributed by atoms with Crippen LogP contribution in [0.5, 0.6) is 0 Å². The third-order valence-corrected chi connectivity index (χ3v) is 6.70. The molecule has 3 atom stereocenters. The van der Waals surface area contributed by atoms with Crippen molar-refractivity contribution in [2.75, 3.05) is 20.2 Å². The summed E-state index contributed by atoms with van der Waals surface area (Å²) in [7, 11) is 1.44. The van der Waals surface area contributed by atoms with E-state index < -0.39 is 5.41 Å². The number of methoxy groups -OCH3 is 1. The van der Waals surface area contributed by atoms with Gasteiger partial charge in [-0.1, -0.05) is 30.3 Å². The molecule has 5 heteroatoms. The first-order valence-electron chi connectivity index (χ1n) is 9.04. The zero-order chi connectivity index (χ0) is 18.1. The molecule has 1 aromatic carbocycles. The maximum Gasteiger partial charge on any atom is 0.314 e. The largest absolute Gasteiger partial charge is 0.469 e. The summed E-state index contributed by atoms with van der Waals surface area (Å²) in [5.74, 6) is -0.262. The van der Waals surface area contributed by atoms with Gasteiger partial charge in [0.1, 0.15) is 5.78 Å². The molecule has 2 heterocycles. The first-order chi connectivity index (χ1) is 12.6. The van der Waals surface area contributed by atoms with Crippen LogP contribution in [0.25, 0.3) is 0 Å². The fraction of sp³-hybridized carbons (Fsp3) is 0.429. The maximum atomic E-state index is 13.0. The second-order valence-corrected chi connectivity index (χ2v) is 8.13. The lowest BCUT2D eigenvalue weighted by atomic mass is 9.59. The van der Waals surface area contributed by atoms with Gasteiger partial charge in [0.05, 0.1) is 12.5 Å². The monoisotopic (exact) mass is 369 g/mol. The number of ketones is 1. The van der Waals surface area contributed by atoms with Crippen molar-refractivity contribution in [2.45, 2.75) is 25.3 Å². The van der Waals surface area contributed by atoms with Crippen LogP contribution < -0.4 is 0 Å². The molecule has 136 valence electrons. The van der Waals surface area contributed by atoms with Gasteiger partial charge >= 0.3 is 5.97 Å². The number of carbonyl (C=O) groups is 2. The van der Waals surface area contributed by atoms with Crippen LogP contribution in [-0.2, 0) is 20.9 Å². The molecule has 0 amide bonds. The lowest BCUT2D eigenvalue weighted by Gasteiger charge is -2.42. The predicted octanol–water partition coefficient (Wildman–Crippen LogP) is 3.49. The van der Waals surface area contributed by atoms with Crippen LogP contribution in [0.2, 0.25) is 0 Å². The molecule has 4 nitrogen and oxygen atoms in total. The van der Waals surface area contributed by atoms with Crippen LogP contribution in [0.4, 0.5) is 0 Å². The molecule has 0 radical (unpaired) electrons. The summed E-state index contributed by atoms with van der Waals surface area (Å²) in [6.07, 6.45) is 1.27. The van der Waals surface area contributed by atoms with Gasteiger partial charge in [0.2, 0.25) is 0 Å². The Balaban J connectivity index is 1.70. The zero-order valence-corrected chi connectivity index (χ0v) is 15.7. The van der Waals surface area contributed by atoms with Gasteiger partial charge in [0.15, 0.2) is 0 Å². The van der Waals surface area contributed by atoms with Gasteiger partial charge in [0, 0.05) is 37.9 Å². The summed E-state index contributed by atoms with van der Waals surface area (Å²) >= 11 is 1.64. The minimum absolute atomic E-state index is 0.0460. The van der Waals surface area contributed by atoms with Crippen LogP contribution in [-0.4, -0.2) is 36.9 Å². The second kappa shape index (κ2) is 6.97. The number of Topliss-reactive ketones (excluding diaryl/α,β-unsaturated/α-hetero) is 1. The Kier molecular flexibility index (Phi) is 4.67. The topological polar surface area (TPSA) is 46.6 Å². The van der Waals surface area contributed by atoms with E-state index in [1.807, 2.05) is 23.6 Å². The number of rotatable bonds is 4. The number of ether oxygens (including phenoxy) is 1. The number of carbonyl (C=O) groups excluding carboxylic acids is 2. The van der Waals surface area contributed by atoms with Gasteiger partial charge < -0.3 is 4.74 Å². The van der Waals surface area contributed by atoms with Gasteiger partial charge in [0.25, 0.3) is 0 Å². The van der Waals surface area contributed by atoms with E-state index in [-0.39, 0.29) is 23.6 Å². The van der Waals surface area contributed by atoms with E-state index in [0.717, 1.165) is 13.0 Å². The second-order valence-electron chi connectivity index (χ2n) is 7.35. The van der Waals surface area contributed by atoms with Crippen molar-refractivity contribution in [2.24, 2.45) is 11.3 Å². The predicted molar refractivity (Wildman–Crippen MR) is 101 cm³/mol. The van der Waals surface area contributed by atoms with E-state index in [1.165, 1.54) is 18.2 Å². The number of nitrogens with zero attached hydrogens (tertiary/aromatic N) is 1. The minimum Gasteiger partial charge on any atom is -0.469 e. The number of likely N-dealkylation sites (tertiary alicyclic amines) is 1. The fourth-order valence-corrected chi connectivity index (χ4v) is 5.58. The first-order valence-corrected chi connectivity index (χ1v) is 9.99. The molecule has 2 aliphatic rings. The van der Waals surface area contributed by atoms with Crippen molar-refractivity contribution in [1.29, 1.82) is 0 Å². The van der Waals surface area contributed by atoms with Gasteiger partial charge in [-0.3, -0.25) is 14.5 Å². The molecule has 1 aromatic heterocycles. The number of esters is 1. The molecule has 1 saturated carbocycles. The molecule has 0 spiro atoms. The van der Waals surface area contributed by atoms with Gasteiger partial charge in [-0.2, -0.15) is 11.3 Å². The summed E-state index contributed by atoms with van der Waals surface area (Å²) in [5, 5.41) is 4.16. The zero-order valence-electron chi connectivity index (χ0n) is 14.9. The normalized spacial score (nSPS) is 28.7. The molecule has 4 rings (SSSR count). The fourth-order valence-electron chi connectivity index (χ4n) is 4.86. The van der Waals surface area contributed by atoms with Crippen LogP contribution >= 0.6 is 11.3 Å². The number of benzene rings is 1. The van der Waals surface area contributed by atoms with E-state index in [1.54, 1.807) is 11.3 Å². The molecular formula is C21H23NO3S. The van der Waals surface area contributed by atoms with Gasteiger partial charge in [-0.05, 0) is 34.4 Å². The Morgan fingerprint density at radius 2 is 2.08 bits per heavy atom. The van der Waals surface area contributed by atoms with Crippen molar-refractivity contribution >= 4 is 23.1 Å². The van der Waals surface area contributed by atoms with Crippen molar-refractivity contribution < 1.29 is 14.3 Å². The average Bonchev–Trinajstić information content (AvgIpc) is 3.31. The number of hydrogen-bond acceptors (Lipinski definition) is 5. The Hall–Kier alpha value is -1.98. The Bertz CT molecular complexity index is 789. The Morgan fingerprint density at radius 3 is 2.77 bits per heavy atom. The Morgan fingerprint density at radius 1 is 1.27 bits per heavy atom. The summed E-state index contributed by atoms with van der Waals surface area (Å²) in [6, 6.07) is 12.3. The van der Waals surface area contributed by atoms with Crippen molar-refractivity contribution in [3.63, 3.8) is 0 Å². The molecule has 1 aliphatic carbocycles. The molecule has 2 fully saturated rings.